The first-order chi connectivity index (χ1) is 11.5. The van der Waals surface area contributed by atoms with Crippen molar-refractivity contribution in [1.29, 1.82) is 0 Å². The number of ether oxygens (including phenoxy) is 1. The van der Waals surface area contributed by atoms with Crippen molar-refractivity contribution < 1.29 is 23.8 Å². The summed E-state index contributed by atoms with van der Waals surface area (Å²) in [5, 5.41) is 12.8. The van der Waals surface area contributed by atoms with Crippen LogP contribution in [0.3, 0.4) is 0 Å². The Labute approximate surface area is 139 Å². The molecular weight excluding hydrogens is 315 g/mol. The number of carboxylic acids is 1. The van der Waals surface area contributed by atoms with Gasteiger partial charge in [0, 0.05) is 25.9 Å². The number of piperidine rings is 1. The summed E-state index contributed by atoms with van der Waals surface area (Å²) in [6.45, 7) is 1.52. The molecule has 7 heteroatoms. The molecule has 0 aliphatic carbocycles. The highest BCUT2D eigenvalue weighted by atomic mass is 19.1. The molecule has 3 rings (SSSR count). The summed E-state index contributed by atoms with van der Waals surface area (Å²) in [6.07, 6.45) is 2.22. The van der Waals surface area contributed by atoms with Gasteiger partial charge in [0.25, 0.3) is 0 Å². The third kappa shape index (κ3) is 3.36. The van der Waals surface area contributed by atoms with Crippen molar-refractivity contribution in [3.63, 3.8) is 0 Å². The van der Waals surface area contributed by atoms with E-state index in [0.29, 0.717) is 18.8 Å². The molecular formula is C17H21FN2O4. The number of nitrogens with one attached hydrogen (secondary N) is 1. The molecule has 2 aliphatic heterocycles. The Morgan fingerprint density at radius 3 is 2.46 bits per heavy atom. The largest absolute Gasteiger partial charge is 0.478 e. The van der Waals surface area contributed by atoms with E-state index < -0.39 is 17.4 Å². The van der Waals surface area contributed by atoms with E-state index in [2.05, 4.69) is 5.32 Å². The molecule has 1 aromatic carbocycles. The Balaban J connectivity index is 1.66. The summed E-state index contributed by atoms with van der Waals surface area (Å²) in [7, 11) is 0. The first-order valence-electron chi connectivity index (χ1n) is 8.20. The van der Waals surface area contributed by atoms with Gasteiger partial charge < -0.3 is 20.1 Å². The number of aliphatic carboxylic acids is 1. The Bertz CT molecular complexity index is 606. The van der Waals surface area contributed by atoms with Crippen molar-refractivity contribution in [1.82, 2.24) is 10.2 Å². The van der Waals surface area contributed by atoms with Gasteiger partial charge in [-0.05, 0) is 43.7 Å². The average molecular weight is 336 g/mol. The number of benzene rings is 1. The summed E-state index contributed by atoms with van der Waals surface area (Å²) in [5.41, 5.74) is -1.38. The molecule has 0 unspecified atom stereocenters. The molecule has 24 heavy (non-hydrogen) atoms. The third-order valence-corrected chi connectivity index (χ3v) is 4.76. The van der Waals surface area contributed by atoms with Crippen LogP contribution in [-0.4, -0.2) is 53.2 Å². The standard InChI is InChI=1S/C17H21FN2O4/c18-12-3-5-13(6-4-12)24-17(16(22)23)7-10-20(11-8-17)15(21)14-2-1-9-19-14/h3-6,14,19H,1-2,7-11H2,(H,22,23)/t14-/m0/s1. The lowest BCUT2D eigenvalue weighted by atomic mass is 9.90. The maximum atomic E-state index is 13.0. The highest BCUT2D eigenvalue weighted by Gasteiger charge is 2.45. The summed E-state index contributed by atoms with van der Waals surface area (Å²) < 4.78 is 18.7. The normalized spacial score (nSPS) is 23.0. The Morgan fingerprint density at radius 1 is 1.25 bits per heavy atom. The first kappa shape index (κ1) is 16.7. The summed E-state index contributed by atoms with van der Waals surface area (Å²) in [5.74, 6) is -1.11. The molecule has 0 spiro atoms. The molecule has 2 fully saturated rings. The maximum absolute atomic E-state index is 13.0. The molecule has 0 saturated carbocycles. The van der Waals surface area contributed by atoms with Crippen LogP contribution in [0.2, 0.25) is 0 Å². The van der Waals surface area contributed by atoms with Crippen LogP contribution in [0.25, 0.3) is 0 Å². The number of rotatable bonds is 4. The van der Waals surface area contributed by atoms with Gasteiger partial charge in [-0.2, -0.15) is 0 Å². The molecule has 6 nitrogen and oxygen atoms in total. The average Bonchev–Trinajstić information content (AvgIpc) is 3.11. The van der Waals surface area contributed by atoms with Crippen molar-refractivity contribution in [2.45, 2.75) is 37.3 Å². The predicted molar refractivity (Wildman–Crippen MR) is 84.2 cm³/mol. The van der Waals surface area contributed by atoms with E-state index in [9.17, 15) is 19.1 Å². The van der Waals surface area contributed by atoms with Crippen molar-refractivity contribution >= 4 is 11.9 Å². The number of carbonyl (C=O) groups excluding carboxylic acids is 1. The van der Waals surface area contributed by atoms with E-state index in [1.807, 2.05) is 0 Å². The van der Waals surface area contributed by atoms with E-state index in [1.165, 1.54) is 24.3 Å². The second kappa shape index (κ2) is 6.76. The van der Waals surface area contributed by atoms with E-state index >= 15 is 0 Å². The summed E-state index contributed by atoms with van der Waals surface area (Å²) in [4.78, 5) is 25.9. The summed E-state index contributed by atoms with van der Waals surface area (Å²) >= 11 is 0. The van der Waals surface area contributed by atoms with Crippen LogP contribution in [0.5, 0.6) is 5.75 Å². The molecule has 2 aliphatic rings. The van der Waals surface area contributed by atoms with Gasteiger partial charge in [-0.25, -0.2) is 9.18 Å². The van der Waals surface area contributed by atoms with Crippen LogP contribution < -0.4 is 10.1 Å². The highest BCUT2D eigenvalue weighted by Crippen LogP contribution is 2.30. The molecule has 1 aromatic rings. The van der Waals surface area contributed by atoms with E-state index in [-0.39, 0.29) is 24.8 Å². The zero-order chi connectivity index (χ0) is 17.2. The number of nitrogens with zero attached hydrogens (tertiary/aromatic N) is 1. The highest BCUT2D eigenvalue weighted by molar-refractivity contribution is 5.83. The fraction of sp³-hybridized carbons (Fsp3) is 0.529. The minimum absolute atomic E-state index is 0.0354. The second-order valence-electron chi connectivity index (χ2n) is 6.33. The monoisotopic (exact) mass is 336 g/mol. The number of hydrogen-bond donors (Lipinski definition) is 2. The Morgan fingerprint density at radius 2 is 1.92 bits per heavy atom. The van der Waals surface area contributed by atoms with Crippen LogP contribution in [0.4, 0.5) is 4.39 Å². The number of carbonyl (C=O) groups is 2. The van der Waals surface area contributed by atoms with Crippen LogP contribution in [-0.2, 0) is 9.59 Å². The molecule has 130 valence electrons. The van der Waals surface area contributed by atoms with Gasteiger partial charge in [-0.3, -0.25) is 4.79 Å². The number of likely N-dealkylation sites (tertiary alicyclic amines) is 1. The van der Waals surface area contributed by atoms with Crippen LogP contribution in [0.1, 0.15) is 25.7 Å². The van der Waals surface area contributed by atoms with Crippen LogP contribution in [0, 0.1) is 5.82 Å². The third-order valence-electron chi connectivity index (χ3n) is 4.76. The molecule has 2 saturated heterocycles. The number of hydrogen-bond acceptors (Lipinski definition) is 4. The predicted octanol–water partition coefficient (Wildman–Crippen LogP) is 1.40. The Kier molecular flexibility index (Phi) is 4.71. The zero-order valence-corrected chi connectivity index (χ0v) is 13.3. The van der Waals surface area contributed by atoms with Gasteiger partial charge in [0.05, 0.1) is 6.04 Å². The van der Waals surface area contributed by atoms with Gasteiger partial charge in [0.1, 0.15) is 11.6 Å². The van der Waals surface area contributed by atoms with E-state index in [1.54, 1.807) is 4.90 Å². The lowest BCUT2D eigenvalue weighted by Crippen LogP contribution is -2.56. The van der Waals surface area contributed by atoms with Gasteiger partial charge in [0.2, 0.25) is 11.5 Å². The molecule has 0 bridgehead atoms. The lowest BCUT2D eigenvalue weighted by Gasteiger charge is -2.39. The van der Waals surface area contributed by atoms with Crippen molar-refractivity contribution in [3.05, 3.63) is 30.1 Å². The van der Waals surface area contributed by atoms with Gasteiger partial charge in [-0.15, -0.1) is 0 Å². The first-order valence-corrected chi connectivity index (χ1v) is 8.20. The lowest BCUT2D eigenvalue weighted by molar-refractivity contribution is -0.162. The topological polar surface area (TPSA) is 78.9 Å². The van der Waals surface area contributed by atoms with Gasteiger partial charge in [-0.1, -0.05) is 0 Å². The van der Waals surface area contributed by atoms with Crippen molar-refractivity contribution in [3.8, 4) is 5.75 Å². The number of amides is 1. The zero-order valence-electron chi connectivity index (χ0n) is 13.3. The minimum atomic E-state index is -1.38. The molecule has 1 amide bonds. The van der Waals surface area contributed by atoms with E-state index in [4.69, 9.17) is 4.74 Å². The fourth-order valence-electron chi connectivity index (χ4n) is 3.29. The smallest absolute Gasteiger partial charge is 0.348 e. The number of carboxylic acid groups (broad SMARTS) is 1. The Hall–Kier alpha value is -2.15. The molecule has 2 N–H and O–H groups in total. The quantitative estimate of drug-likeness (QED) is 0.869. The number of halogens is 1. The molecule has 0 aromatic heterocycles. The molecule has 0 radical (unpaired) electrons. The van der Waals surface area contributed by atoms with E-state index in [0.717, 1.165) is 19.4 Å². The van der Waals surface area contributed by atoms with Gasteiger partial charge >= 0.3 is 5.97 Å². The van der Waals surface area contributed by atoms with Gasteiger partial charge in [0.15, 0.2) is 0 Å². The molecule has 1 atom stereocenters. The fourth-order valence-corrected chi connectivity index (χ4v) is 3.29. The second-order valence-corrected chi connectivity index (χ2v) is 6.33. The SMILES string of the molecule is O=C([C@@H]1CCCN1)N1CCC(Oc2ccc(F)cc2)(C(=O)O)CC1. The molecule has 2 heterocycles. The van der Waals surface area contributed by atoms with Crippen molar-refractivity contribution in [2.24, 2.45) is 0 Å². The van der Waals surface area contributed by atoms with Crippen LogP contribution >= 0.6 is 0 Å². The minimum Gasteiger partial charge on any atom is -0.478 e. The van der Waals surface area contributed by atoms with Crippen molar-refractivity contribution in [2.75, 3.05) is 19.6 Å². The van der Waals surface area contributed by atoms with Crippen LogP contribution in [0.15, 0.2) is 24.3 Å². The maximum Gasteiger partial charge on any atom is 0.348 e. The summed E-state index contributed by atoms with van der Waals surface area (Å²) in [6, 6.07) is 5.14.